The summed E-state index contributed by atoms with van der Waals surface area (Å²) in [6.45, 7) is 2.08. The first-order chi connectivity index (χ1) is 7.27. The smallest absolute Gasteiger partial charge is 0.115 e. The Morgan fingerprint density at radius 3 is 2.67 bits per heavy atom. The van der Waals surface area contributed by atoms with E-state index in [-0.39, 0.29) is 5.92 Å². The number of aromatic nitrogens is 1. The van der Waals surface area contributed by atoms with Crippen molar-refractivity contribution in [2.24, 2.45) is 0 Å². The molecule has 0 saturated carbocycles. The largest absolute Gasteiger partial charge is 0.508 e. The van der Waals surface area contributed by atoms with Gasteiger partial charge in [-0.1, -0.05) is 25.1 Å². The molecule has 0 aliphatic carbocycles. The number of phenols is 1. The van der Waals surface area contributed by atoms with Crippen LogP contribution in [-0.4, -0.2) is 10.1 Å². The van der Waals surface area contributed by atoms with E-state index in [1.165, 1.54) is 0 Å². The molecule has 2 rings (SSSR count). The van der Waals surface area contributed by atoms with Gasteiger partial charge in [0.05, 0.1) is 0 Å². The molecule has 2 heteroatoms. The lowest BCUT2D eigenvalue weighted by molar-refractivity contribution is 0.474. The predicted molar refractivity (Wildman–Crippen MR) is 59.9 cm³/mol. The van der Waals surface area contributed by atoms with E-state index in [9.17, 15) is 5.11 Å². The molecule has 1 N–H and O–H groups in total. The molecule has 2 nitrogen and oxygen atoms in total. The first-order valence-corrected chi connectivity index (χ1v) is 4.97. The zero-order valence-corrected chi connectivity index (χ0v) is 8.59. The second kappa shape index (κ2) is 4.13. The van der Waals surface area contributed by atoms with Gasteiger partial charge in [0.2, 0.25) is 0 Å². The van der Waals surface area contributed by atoms with Crippen molar-refractivity contribution in [1.29, 1.82) is 0 Å². The summed E-state index contributed by atoms with van der Waals surface area (Å²) in [6, 6.07) is 13.2. The second-order valence-corrected chi connectivity index (χ2v) is 3.57. The van der Waals surface area contributed by atoms with E-state index >= 15 is 0 Å². The van der Waals surface area contributed by atoms with Crippen molar-refractivity contribution in [2.75, 3.05) is 0 Å². The highest BCUT2D eigenvalue weighted by Gasteiger charge is 2.09. The quantitative estimate of drug-likeness (QED) is 0.806. The Labute approximate surface area is 89.2 Å². The molecule has 0 bridgehead atoms. The van der Waals surface area contributed by atoms with Gasteiger partial charge in [-0.3, -0.25) is 4.98 Å². The fourth-order valence-corrected chi connectivity index (χ4v) is 1.60. The number of nitrogens with zero attached hydrogens (tertiary/aromatic N) is 1. The van der Waals surface area contributed by atoms with Crippen LogP contribution in [0.3, 0.4) is 0 Å². The van der Waals surface area contributed by atoms with Gasteiger partial charge in [0.25, 0.3) is 0 Å². The van der Waals surface area contributed by atoms with E-state index in [4.69, 9.17) is 0 Å². The lowest BCUT2D eigenvalue weighted by atomic mass is 9.97. The summed E-state index contributed by atoms with van der Waals surface area (Å²) in [4.78, 5) is 4.30. The lowest BCUT2D eigenvalue weighted by Gasteiger charge is -2.11. The Bertz CT molecular complexity index is 439. The molecule has 76 valence electrons. The Hall–Kier alpha value is -1.83. The standard InChI is InChI=1S/C13H13NO/c1-10(13-7-2-3-8-14-13)11-5-4-6-12(15)9-11/h2-10,15H,1H3. The molecule has 1 aromatic carbocycles. The second-order valence-electron chi connectivity index (χ2n) is 3.57. The summed E-state index contributed by atoms with van der Waals surface area (Å²) in [5.41, 5.74) is 2.09. The Kier molecular flexibility index (Phi) is 2.68. The SMILES string of the molecule is CC(c1cccc(O)c1)c1ccccn1. The minimum absolute atomic E-state index is 0.207. The zero-order valence-electron chi connectivity index (χ0n) is 8.59. The van der Waals surface area contributed by atoms with Crippen molar-refractivity contribution in [3.63, 3.8) is 0 Å². The van der Waals surface area contributed by atoms with E-state index in [0.29, 0.717) is 5.75 Å². The predicted octanol–water partition coefficient (Wildman–Crippen LogP) is 2.94. The van der Waals surface area contributed by atoms with Crippen LogP contribution < -0.4 is 0 Å². The van der Waals surface area contributed by atoms with Crippen LogP contribution in [0.1, 0.15) is 24.1 Å². The third kappa shape index (κ3) is 2.15. The molecule has 15 heavy (non-hydrogen) atoms. The third-order valence-corrected chi connectivity index (χ3v) is 2.50. The normalized spacial score (nSPS) is 12.3. The van der Waals surface area contributed by atoms with E-state index in [2.05, 4.69) is 11.9 Å². The molecule has 0 amide bonds. The topological polar surface area (TPSA) is 33.1 Å². The van der Waals surface area contributed by atoms with Gasteiger partial charge in [0, 0.05) is 17.8 Å². The molecule has 0 spiro atoms. The fraction of sp³-hybridized carbons (Fsp3) is 0.154. The average molecular weight is 199 g/mol. The van der Waals surface area contributed by atoms with Gasteiger partial charge < -0.3 is 5.11 Å². The Balaban J connectivity index is 2.32. The molecule has 1 atom stereocenters. The highest BCUT2D eigenvalue weighted by molar-refractivity contribution is 5.33. The molecule has 1 aromatic heterocycles. The van der Waals surface area contributed by atoms with Gasteiger partial charge in [-0.25, -0.2) is 0 Å². The van der Waals surface area contributed by atoms with Crippen LogP contribution in [0.2, 0.25) is 0 Å². The molecular formula is C13H13NO. The highest BCUT2D eigenvalue weighted by Crippen LogP contribution is 2.24. The van der Waals surface area contributed by atoms with E-state index in [0.717, 1.165) is 11.3 Å². The van der Waals surface area contributed by atoms with Gasteiger partial charge in [-0.05, 0) is 29.8 Å². The number of rotatable bonds is 2. The molecule has 0 fully saturated rings. The first kappa shape index (κ1) is 9.71. The first-order valence-electron chi connectivity index (χ1n) is 4.97. The maximum absolute atomic E-state index is 9.39. The number of hydrogen-bond donors (Lipinski definition) is 1. The summed E-state index contributed by atoms with van der Waals surface area (Å²) < 4.78 is 0. The third-order valence-electron chi connectivity index (χ3n) is 2.50. The van der Waals surface area contributed by atoms with Gasteiger partial charge in [-0.2, -0.15) is 0 Å². The minimum Gasteiger partial charge on any atom is -0.508 e. The number of benzene rings is 1. The molecule has 0 aliphatic rings. The molecule has 0 radical (unpaired) electrons. The molecule has 0 saturated heterocycles. The monoisotopic (exact) mass is 199 g/mol. The summed E-state index contributed by atoms with van der Waals surface area (Å²) in [5, 5.41) is 9.39. The maximum Gasteiger partial charge on any atom is 0.115 e. The van der Waals surface area contributed by atoms with Crippen molar-refractivity contribution < 1.29 is 5.11 Å². The number of phenolic OH excluding ortho intramolecular Hbond substituents is 1. The van der Waals surface area contributed by atoms with Crippen LogP contribution in [0.5, 0.6) is 5.75 Å². The van der Waals surface area contributed by atoms with Crippen LogP contribution in [0.15, 0.2) is 48.7 Å². The molecular weight excluding hydrogens is 186 g/mol. The summed E-state index contributed by atoms with van der Waals surface area (Å²) in [7, 11) is 0. The Morgan fingerprint density at radius 2 is 2.00 bits per heavy atom. The van der Waals surface area contributed by atoms with E-state index in [1.807, 2.05) is 30.3 Å². The number of pyridine rings is 1. The molecule has 1 heterocycles. The van der Waals surface area contributed by atoms with Crippen LogP contribution in [0, 0.1) is 0 Å². The van der Waals surface area contributed by atoms with Crippen molar-refractivity contribution in [2.45, 2.75) is 12.8 Å². The van der Waals surface area contributed by atoms with Crippen LogP contribution >= 0.6 is 0 Å². The highest BCUT2D eigenvalue weighted by atomic mass is 16.3. The van der Waals surface area contributed by atoms with Crippen molar-refractivity contribution in [1.82, 2.24) is 4.98 Å². The molecule has 2 aromatic rings. The number of hydrogen-bond acceptors (Lipinski definition) is 2. The van der Waals surface area contributed by atoms with Gasteiger partial charge in [-0.15, -0.1) is 0 Å². The van der Waals surface area contributed by atoms with Gasteiger partial charge in [0.1, 0.15) is 5.75 Å². The molecule has 1 unspecified atom stereocenters. The van der Waals surface area contributed by atoms with Crippen LogP contribution in [0.4, 0.5) is 0 Å². The van der Waals surface area contributed by atoms with Crippen LogP contribution in [-0.2, 0) is 0 Å². The summed E-state index contributed by atoms with van der Waals surface area (Å²) >= 11 is 0. The van der Waals surface area contributed by atoms with E-state index < -0.39 is 0 Å². The van der Waals surface area contributed by atoms with Crippen molar-refractivity contribution in [3.8, 4) is 5.75 Å². The Morgan fingerprint density at radius 1 is 1.13 bits per heavy atom. The number of aromatic hydroxyl groups is 1. The summed E-state index contributed by atoms with van der Waals surface area (Å²) in [5.74, 6) is 0.508. The molecule has 0 aliphatic heterocycles. The summed E-state index contributed by atoms with van der Waals surface area (Å²) in [6.07, 6.45) is 1.79. The average Bonchev–Trinajstić information content (AvgIpc) is 2.29. The van der Waals surface area contributed by atoms with Gasteiger partial charge in [0.15, 0.2) is 0 Å². The van der Waals surface area contributed by atoms with Gasteiger partial charge >= 0.3 is 0 Å². The zero-order chi connectivity index (χ0) is 10.7. The minimum atomic E-state index is 0.207. The van der Waals surface area contributed by atoms with Crippen molar-refractivity contribution >= 4 is 0 Å². The maximum atomic E-state index is 9.39. The lowest BCUT2D eigenvalue weighted by Crippen LogP contribution is -1.97. The van der Waals surface area contributed by atoms with Crippen LogP contribution in [0.25, 0.3) is 0 Å². The fourth-order valence-electron chi connectivity index (χ4n) is 1.60. The van der Waals surface area contributed by atoms with Crippen molar-refractivity contribution in [3.05, 3.63) is 59.9 Å². The van der Waals surface area contributed by atoms with E-state index in [1.54, 1.807) is 18.3 Å².